The van der Waals surface area contributed by atoms with Crippen LogP contribution in [0.3, 0.4) is 0 Å². The molecule has 1 saturated carbocycles. The smallest absolute Gasteiger partial charge is 0.220 e. The summed E-state index contributed by atoms with van der Waals surface area (Å²) in [6.45, 7) is 2.58. The molecule has 3 N–H and O–H groups in total. The molecule has 3 atom stereocenters. The first-order valence-corrected chi connectivity index (χ1v) is 7.85. The fourth-order valence-electron chi connectivity index (χ4n) is 3.15. The van der Waals surface area contributed by atoms with Crippen molar-refractivity contribution in [2.45, 2.75) is 51.0 Å². The molecular weight excluding hydrogens is 267 g/mol. The van der Waals surface area contributed by atoms with Crippen LogP contribution >= 0.6 is 0 Å². The van der Waals surface area contributed by atoms with E-state index in [0.29, 0.717) is 18.9 Å². The molecule has 1 amide bonds. The lowest BCUT2D eigenvalue weighted by Gasteiger charge is -2.31. The quantitative estimate of drug-likeness (QED) is 0.876. The number of hydrogen-bond donors (Lipinski definition) is 2. The van der Waals surface area contributed by atoms with Crippen molar-refractivity contribution in [1.29, 1.82) is 0 Å². The first kappa shape index (κ1) is 16.0. The van der Waals surface area contributed by atoms with Crippen molar-refractivity contribution in [3.05, 3.63) is 35.6 Å². The molecule has 0 aromatic heterocycles. The molecule has 1 aliphatic carbocycles. The number of benzene rings is 1. The first-order chi connectivity index (χ1) is 10.1. The first-order valence-electron chi connectivity index (χ1n) is 7.85. The summed E-state index contributed by atoms with van der Waals surface area (Å²) in [6.07, 6.45) is 4.86. The van der Waals surface area contributed by atoms with Gasteiger partial charge in [0, 0.05) is 12.5 Å². The standard InChI is InChI=1S/C17H25FN2O/c1-12(13-6-4-7-15(18)10-13)9-17(21)20-16-8-3-2-5-14(16)11-19/h4,6-7,10,12,14,16H,2-3,5,8-9,11,19H2,1H3,(H,20,21). The lowest BCUT2D eigenvalue weighted by molar-refractivity contribution is -0.122. The minimum Gasteiger partial charge on any atom is -0.353 e. The van der Waals surface area contributed by atoms with Gasteiger partial charge in [0.1, 0.15) is 5.82 Å². The molecule has 0 aliphatic heterocycles. The molecule has 0 saturated heterocycles. The predicted molar refractivity (Wildman–Crippen MR) is 82.4 cm³/mol. The highest BCUT2D eigenvalue weighted by Crippen LogP contribution is 2.24. The van der Waals surface area contributed by atoms with Gasteiger partial charge in [-0.05, 0) is 48.9 Å². The third kappa shape index (κ3) is 4.53. The molecule has 116 valence electrons. The maximum Gasteiger partial charge on any atom is 0.220 e. The van der Waals surface area contributed by atoms with E-state index < -0.39 is 0 Å². The molecule has 0 heterocycles. The normalized spacial score (nSPS) is 23.6. The highest BCUT2D eigenvalue weighted by atomic mass is 19.1. The zero-order chi connectivity index (χ0) is 15.2. The largest absolute Gasteiger partial charge is 0.353 e. The maximum absolute atomic E-state index is 13.2. The Morgan fingerprint density at radius 2 is 2.19 bits per heavy atom. The van der Waals surface area contributed by atoms with Crippen molar-refractivity contribution >= 4 is 5.91 Å². The van der Waals surface area contributed by atoms with Gasteiger partial charge in [-0.3, -0.25) is 4.79 Å². The number of nitrogens with one attached hydrogen (secondary N) is 1. The van der Waals surface area contributed by atoms with Crippen LogP contribution in [0.15, 0.2) is 24.3 Å². The van der Waals surface area contributed by atoms with E-state index in [4.69, 9.17) is 5.73 Å². The number of carbonyl (C=O) groups is 1. The molecule has 0 spiro atoms. The van der Waals surface area contributed by atoms with Crippen LogP contribution in [-0.2, 0) is 4.79 Å². The fourth-order valence-corrected chi connectivity index (χ4v) is 3.15. The van der Waals surface area contributed by atoms with Gasteiger partial charge >= 0.3 is 0 Å². The molecule has 2 rings (SSSR count). The summed E-state index contributed by atoms with van der Waals surface area (Å²) in [5.74, 6) is 0.195. The summed E-state index contributed by atoms with van der Waals surface area (Å²) in [5, 5.41) is 3.12. The molecule has 3 unspecified atom stereocenters. The van der Waals surface area contributed by atoms with E-state index in [1.54, 1.807) is 6.07 Å². The van der Waals surface area contributed by atoms with E-state index >= 15 is 0 Å². The van der Waals surface area contributed by atoms with Gasteiger partial charge in [-0.15, -0.1) is 0 Å². The lowest BCUT2D eigenvalue weighted by atomic mass is 9.84. The Morgan fingerprint density at radius 1 is 1.43 bits per heavy atom. The van der Waals surface area contributed by atoms with Crippen molar-refractivity contribution in [2.24, 2.45) is 11.7 Å². The molecule has 21 heavy (non-hydrogen) atoms. The maximum atomic E-state index is 13.2. The van der Waals surface area contributed by atoms with Gasteiger partial charge in [0.15, 0.2) is 0 Å². The molecule has 0 radical (unpaired) electrons. The summed E-state index contributed by atoms with van der Waals surface area (Å²) in [6, 6.07) is 6.68. The van der Waals surface area contributed by atoms with Crippen molar-refractivity contribution in [1.82, 2.24) is 5.32 Å². The van der Waals surface area contributed by atoms with Crippen molar-refractivity contribution in [3.8, 4) is 0 Å². The van der Waals surface area contributed by atoms with Crippen molar-refractivity contribution in [3.63, 3.8) is 0 Å². The van der Waals surface area contributed by atoms with Crippen LogP contribution in [0.2, 0.25) is 0 Å². The van der Waals surface area contributed by atoms with Crippen LogP contribution in [0.25, 0.3) is 0 Å². The second-order valence-corrected chi connectivity index (χ2v) is 6.11. The minimum atomic E-state index is -0.254. The Hall–Kier alpha value is -1.42. The number of amides is 1. The monoisotopic (exact) mass is 292 g/mol. The zero-order valence-electron chi connectivity index (χ0n) is 12.6. The van der Waals surface area contributed by atoms with Gasteiger partial charge in [-0.25, -0.2) is 4.39 Å². The summed E-state index contributed by atoms with van der Waals surface area (Å²) < 4.78 is 13.2. The molecule has 3 nitrogen and oxygen atoms in total. The zero-order valence-corrected chi connectivity index (χ0v) is 12.6. The highest BCUT2D eigenvalue weighted by molar-refractivity contribution is 5.77. The van der Waals surface area contributed by atoms with Crippen LogP contribution in [0.4, 0.5) is 4.39 Å². The minimum absolute atomic E-state index is 0.0145. The van der Waals surface area contributed by atoms with Gasteiger partial charge < -0.3 is 11.1 Å². The third-order valence-corrected chi connectivity index (χ3v) is 4.47. The van der Waals surface area contributed by atoms with Gasteiger partial charge in [0.05, 0.1) is 0 Å². The summed E-state index contributed by atoms with van der Waals surface area (Å²) >= 11 is 0. The summed E-state index contributed by atoms with van der Waals surface area (Å²) in [5.41, 5.74) is 6.65. The van der Waals surface area contributed by atoms with Crippen LogP contribution in [0.1, 0.15) is 50.5 Å². The van der Waals surface area contributed by atoms with E-state index in [1.807, 2.05) is 13.0 Å². The van der Waals surface area contributed by atoms with Crippen molar-refractivity contribution < 1.29 is 9.18 Å². The Bertz CT molecular complexity index is 478. The molecule has 1 fully saturated rings. The Morgan fingerprint density at radius 3 is 2.90 bits per heavy atom. The average molecular weight is 292 g/mol. The number of rotatable bonds is 5. The van der Waals surface area contributed by atoms with Gasteiger partial charge in [0.25, 0.3) is 0 Å². The van der Waals surface area contributed by atoms with Gasteiger partial charge in [-0.1, -0.05) is 31.9 Å². The van der Waals surface area contributed by atoms with Crippen LogP contribution < -0.4 is 11.1 Å². The predicted octanol–water partition coefficient (Wildman–Crippen LogP) is 2.95. The molecule has 1 aliphatic rings. The van der Waals surface area contributed by atoms with Gasteiger partial charge in [0.2, 0.25) is 5.91 Å². The molecule has 1 aromatic rings. The van der Waals surface area contributed by atoms with E-state index in [-0.39, 0.29) is 23.7 Å². The Labute approximate surface area is 126 Å². The van der Waals surface area contributed by atoms with Crippen LogP contribution in [0, 0.1) is 11.7 Å². The van der Waals surface area contributed by atoms with Gasteiger partial charge in [-0.2, -0.15) is 0 Å². The average Bonchev–Trinajstić information content (AvgIpc) is 2.47. The Balaban J connectivity index is 1.89. The number of halogens is 1. The summed E-state index contributed by atoms with van der Waals surface area (Å²) in [7, 11) is 0. The summed E-state index contributed by atoms with van der Waals surface area (Å²) in [4.78, 5) is 12.2. The molecule has 0 bridgehead atoms. The number of nitrogens with two attached hydrogens (primary N) is 1. The van der Waals surface area contributed by atoms with Crippen LogP contribution in [0.5, 0.6) is 0 Å². The second kappa shape index (κ2) is 7.55. The molecule has 1 aromatic carbocycles. The lowest BCUT2D eigenvalue weighted by Crippen LogP contribution is -2.44. The highest BCUT2D eigenvalue weighted by Gasteiger charge is 2.25. The number of carbonyl (C=O) groups excluding carboxylic acids is 1. The van der Waals surface area contributed by atoms with E-state index in [9.17, 15) is 9.18 Å². The topological polar surface area (TPSA) is 55.1 Å². The van der Waals surface area contributed by atoms with E-state index in [2.05, 4.69) is 5.32 Å². The SMILES string of the molecule is CC(CC(=O)NC1CCCCC1CN)c1cccc(F)c1. The van der Waals surface area contributed by atoms with E-state index in [1.165, 1.54) is 18.6 Å². The van der Waals surface area contributed by atoms with Crippen LogP contribution in [-0.4, -0.2) is 18.5 Å². The second-order valence-electron chi connectivity index (χ2n) is 6.11. The molecular formula is C17H25FN2O. The molecule has 4 heteroatoms. The number of hydrogen-bond acceptors (Lipinski definition) is 2. The van der Waals surface area contributed by atoms with Crippen molar-refractivity contribution in [2.75, 3.05) is 6.54 Å². The van der Waals surface area contributed by atoms with E-state index in [0.717, 1.165) is 24.8 Å². The fraction of sp³-hybridized carbons (Fsp3) is 0.588. The third-order valence-electron chi connectivity index (χ3n) is 4.47. The Kier molecular flexibility index (Phi) is 5.74.